The molecule has 33 heavy (non-hydrogen) atoms. The molecule has 0 N–H and O–H groups in total. The highest BCUT2D eigenvalue weighted by Gasteiger charge is 2.70. The minimum Gasteiger partial charge on any atom is -0.486 e. The minimum atomic E-state index is -4.76. The van der Waals surface area contributed by atoms with Crippen LogP contribution in [-0.4, -0.2) is 24.5 Å². The number of alkyl halides is 3. The highest BCUT2D eigenvalue weighted by atomic mass is 35.5. The maximum Gasteiger partial charge on any atom is 0.573 e. The molecule has 2 aromatic rings. The van der Waals surface area contributed by atoms with Gasteiger partial charge < -0.3 is 9.47 Å². The van der Waals surface area contributed by atoms with Crippen LogP contribution in [0.5, 0.6) is 11.5 Å². The van der Waals surface area contributed by atoms with Gasteiger partial charge in [0, 0.05) is 24.3 Å². The third-order valence-corrected chi connectivity index (χ3v) is 6.67. The summed E-state index contributed by atoms with van der Waals surface area (Å²) in [5.74, 6) is -0.751. The first kappa shape index (κ1) is 23.5. The summed E-state index contributed by atoms with van der Waals surface area (Å²) in [6, 6.07) is 9.58. The van der Waals surface area contributed by atoms with Crippen LogP contribution in [0.3, 0.4) is 0 Å². The third-order valence-electron chi connectivity index (χ3n) is 6.37. The molecule has 2 aromatic carbocycles. The second-order valence-corrected chi connectivity index (χ2v) is 9.42. The molecule has 0 saturated heterocycles. The molecule has 0 amide bonds. The number of aryl methyl sites for hydroxylation is 1. The number of hydrogen-bond donors (Lipinski definition) is 0. The lowest BCUT2D eigenvalue weighted by Gasteiger charge is -2.70. The van der Waals surface area contributed by atoms with Crippen LogP contribution in [0.15, 0.2) is 42.5 Å². The normalized spacial score (nSPS) is 23.3. The molecule has 2 bridgehead atoms. The van der Waals surface area contributed by atoms with Gasteiger partial charge in [-0.25, -0.2) is 4.39 Å². The molecule has 0 spiro atoms. The van der Waals surface area contributed by atoms with Gasteiger partial charge in [-0.15, -0.1) is 13.2 Å². The predicted octanol–water partition coefficient (Wildman–Crippen LogP) is 6.09. The van der Waals surface area contributed by atoms with Gasteiger partial charge in [-0.2, -0.15) is 0 Å². The van der Waals surface area contributed by atoms with E-state index in [1.54, 1.807) is 6.07 Å². The van der Waals surface area contributed by atoms with E-state index in [2.05, 4.69) is 4.74 Å². The number of carbonyl (C=O) groups excluding carboxylic acids is 2. The monoisotopic (exact) mass is 484 g/mol. The van der Waals surface area contributed by atoms with Gasteiger partial charge in [0.2, 0.25) is 0 Å². The number of halogens is 5. The van der Waals surface area contributed by atoms with Crippen LogP contribution < -0.4 is 9.47 Å². The summed E-state index contributed by atoms with van der Waals surface area (Å²) < 4.78 is 59.8. The topological polar surface area (TPSA) is 52.6 Å². The molecule has 0 aliphatic heterocycles. The highest BCUT2D eigenvalue weighted by molar-refractivity contribution is 6.30. The number of rotatable bonds is 10. The molecule has 176 valence electrons. The fourth-order valence-electron chi connectivity index (χ4n) is 5.10. The van der Waals surface area contributed by atoms with Gasteiger partial charge in [0.05, 0.1) is 5.02 Å². The van der Waals surface area contributed by atoms with Crippen molar-refractivity contribution in [2.75, 3.05) is 6.61 Å². The summed E-state index contributed by atoms with van der Waals surface area (Å²) in [5.41, 5.74) is -0.000112. The van der Waals surface area contributed by atoms with Crippen molar-refractivity contribution < 1.29 is 36.6 Å². The summed E-state index contributed by atoms with van der Waals surface area (Å²) >= 11 is 5.62. The molecule has 0 radical (unpaired) electrons. The van der Waals surface area contributed by atoms with E-state index in [1.807, 2.05) is 0 Å². The predicted molar refractivity (Wildman–Crippen MR) is 112 cm³/mol. The Labute approximate surface area is 192 Å². The zero-order valence-electron chi connectivity index (χ0n) is 17.5. The number of carbonyl (C=O) groups is 2. The van der Waals surface area contributed by atoms with Crippen LogP contribution >= 0.6 is 11.6 Å². The van der Waals surface area contributed by atoms with Crippen molar-refractivity contribution in [2.45, 2.75) is 44.9 Å². The second kappa shape index (κ2) is 8.63. The molecule has 0 unspecified atom stereocenters. The molecule has 3 aliphatic carbocycles. The molecule has 3 aliphatic rings. The minimum absolute atomic E-state index is 0.0279. The molecular weight excluding hydrogens is 464 g/mol. The van der Waals surface area contributed by atoms with Gasteiger partial charge in [-0.3, -0.25) is 9.59 Å². The van der Waals surface area contributed by atoms with Crippen molar-refractivity contribution in [3.63, 3.8) is 0 Å². The average molecular weight is 485 g/mol. The first-order valence-corrected chi connectivity index (χ1v) is 10.8. The van der Waals surface area contributed by atoms with Gasteiger partial charge in [0.1, 0.15) is 29.7 Å². The lowest BCUT2D eigenvalue weighted by molar-refractivity contribution is -0.274. The van der Waals surface area contributed by atoms with Crippen LogP contribution in [0, 0.1) is 16.6 Å². The summed E-state index contributed by atoms with van der Waals surface area (Å²) in [7, 11) is 0. The Morgan fingerprint density at radius 1 is 1.03 bits per heavy atom. The largest absolute Gasteiger partial charge is 0.573 e. The molecule has 0 atom stereocenters. The van der Waals surface area contributed by atoms with Crippen molar-refractivity contribution in [3.05, 3.63) is 58.9 Å². The quantitative estimate of drug-likeness (QED) is 0.383. The van der Waals surface area contributed by atoms with E-state index in [1.165, 1.54) is 30.3 Å². The van der Waals surface area contributed by atoms with Crippen LogP contribution in [0.2, 0.25) is 5.02 Å². The van der Waals surface area contributed by atoms with Crippen LogP contribution in [-0.2, 0) is 16.0 Å². The smallest absolute Gasteiger partial charge is 0.486 e. The van der Waals surface area contributed by atoms with E-state index >= 15 is 0 Å². The van der Waals surface area contributed by atoms with Crippen molar-refractivity contribution in [2.24, 2.45) is 10.8 Å². The van der Waals surface area contributed by atoms with E-state index < -0.39 is 17.6 Å². The summed E-state index contributed by atoms with van der Waals surface area (Å²) in [6.45, 7) is -0.180. The highest BCUT2D eigenvalue weighted by Crippen LogP contribution is 2.75. The van der Waals surface area contributed by atoms with Gasteiger partial charge >= 0.3 is 6.36 Å². The summed E-state index contributed by atoms with van der Waals surface area (Å²) in [4.78, 5) is 25.0. The molecule has 5 rings (SSSR count). The van der Waals surface area contributed by atoms with E-state index in [4.69, 9.17) is 16.3 Å². The number of benzene rings is 2. The molecule has 3 fully saturated rings. The van der Waals surface area contributed by atoms with Crippen molar-refractivity contribution in [3.8, 4) is 11.5 Å². The zero-order valence-corrected chi connectivity index (χ0v) is 18.3. The van der Waals surface area contributed by atoms with E-state index in [-0.39, 0.29) is 46.5 Å². The van der Waals surface area contributed by atoms with Gasteiger partial charge in [-0.1, -0.05) is 23.7 Å². The SMILES string of the molecule is O=C(COc1ccc(Cl)c(F)c1)CC12CC(C(=O)CCc3cccc(OC(F)(F)F)c3)(C1)C2. The second-order valence-electron chi connectivity index (χ2n) is 9.01. The van der Waals surface area contributed by atoms with E-state index in [0.29, 0.717) is 37.7 Å². The van der Waals surface area contributed by atoms with E-state index in [0.717, 1.165) is 6.07 Å². The Morgan fingerprint density at radius 2 is 1.76 bits per heavy atom. The van der Waals surface area contributed by atoms with Gasteiger partial charge in [-0.05, 0) is 60.9 Å². The van der Waals surface area contributed by atoms with Gasteiger partial charge in [0.25, 0.3) is 0 Å². The van der Waals surface area contributed by atoms with Crippen molar-refractivity contribution in [1.29, 1.82) is 0 Å². The molecule has 4 nitrogen and oxygen atoms in total. The molecule has 0 heterocycles. The van der Waals surface area contributed by atoms with Crippen LogP contribution in [0.25, 0.3) is 0 Å². The van der Waals surface area contributed by atoms with Gasteiger partial charge in [0.15, 0.2) is 5.78 Å². The Morgan fingerprint density at radius 3 is 2.42 bits per heavy atom. The molecule has 0 aromatic heterocycles. The maximum absolute atomic E-state index is 13.4. The Bertz CT molecular complexity index is 1060. The number of hydrogen-bond acceptors (Lipinski definition) is 4. The fraction of sp³-hybridized carbons (Fsp3) is 0.417. The van der Waals surface area contributed by atoms with Crippen LogP contribution in [0.4, 0.5) is 17.6 Å². The molecule has 3 saturated carbocycles. The Kier molecular flexibility index (Phi) is 6.16. The Balaban J connectivity index is 1.21. The molecule has 9 heteroatoms. The van der Waals surface area contributed by atoms with Crippen LogP contribution in [0.1, 0.15) is 37.7 Å². The van der Waals surface area contributed by atoms with Crippen molar-refractivity contribution >= 4 is 23.2 Å². The molecular formula is C24H21ClF4O4. The fourth-order valence-corrected chi connectivity index (χ4v) is 5.22. The van der Waals surface area contributed by atoms with Crippen molar-refractivity contribution in [1.82, 2.24) is 0 Å². The summed E-state index contributed by atoms with van der Waals surface area (Å²) in [6.07, 6.45) is -2.00. The lowest BCUT2D eigenvalue weighted by atomic mass is 9.33. The lowest BCUT2D eigenvalue weighted by Crippen LogP contribution is -2.65. The first-order valence-electron chi connectivity index (χ1n) is 10.5. The standard InChI is InChI=1S/C24H21ClF4O4/c25-19-6-5-17(9-20(19)26)32-11-16(30)10-22-12-23(13-22,14-22)21(31)7-4-15-2-1-3-18(8-15)33-24(27,28)29/h1-3,5-6,8-9H,4,7,10-14H2. The Hall–Kier alpha value is -2.61. The average Bonchev–Trinajstić information content (AvgIpc) is 2.67. The maximum atomic E-state index is 13.4. The number of Topliss-reactive ketones (excluding diaryl/α,β-unsaturated/α-hetero) is 2. The summed E-state index contributed by atoms with van der Waals surface area (Å²) in [5, 5.41) is -0.0279. The number of ether oxygens (including phenoxy) is 2. The zero-order chi connectivity index (χ0) is 23.9. The third kappa shape index (κ3) is 5.32. The van der Waals surface area contributed by atoms with E-state index in [9.17, 15) is 27.2 Å². The first-order chi connectivity index (χ1) is 15.5. The number of ketones is 2.